The minimum atomic E-state index is -4.43. The summed E-state index contributed by atoms with van der Waals surface area (Å²) < 4.78 is 40.1. The predicted octanol–water partition coefficient (Wildman–Crippen LogP) is 5.51. The lowest BCUT2D eigenvalue weighted by Gasteiger charge is -2.12. The quantitative estimate of drug-likeness (QED) is 0.578. The molecule has 0 aliphatic carbocycles. The number of hydrogen-bond donors (Lipinski definition) is 2. The molecule has 4 N–H and O–H groups in total. The van der Waals surface area contributed by atoms with Gasteiger partial charge in [-0.2, -0.15) is 13.2 Å². The Morgan fingerprint density at radius 1 is 1.05 bits per heavy atom. The summed E-state index contributed by atoms with van der Waals surface area (Å²) >= 11 is 4.27. The van der Waals surface area contributed by atoms with E-state index in [0.29, 0.717) is 27.2 Å². The van der Waals surface area contributed by atoms with Crippen molar-refractivity contribution in [3.63, 3.8) is 0 Å². The van der Waals surface area contributed by atoms with Gasteiger partial charge >= 0.3 is 6.18 Å². The Morgan fingerprint density at radius 3 is 2.45 bits per heavy atom. The molecule has 0 saturated carbocycles. The number of thiophene rings is 1. The summed E-state index contributed by atoms with van der Waals surface area (Å²) in [7, 11) is 0. The van der Waals surface area contributed by atoms with Crippen LogP contribution in [0, 0.1) is 0 Å². The van der Waals surface area contributed by atoms with E-state index in [0.717, 1.165) is 10.8 Å². The normalized spacial score (nSPS) is 12.0. The van der Waals surface area contributed by atoms with Gasteiger partial charge in [0.2, 0.25) is 0 Å². The average molecular weight is 387 g/mol. The molecule has 0 aliphatic heterocycles. The molecule has 0 fully saturated rings. The Morgan fingerprint density at radius 2 is 1.77 bits per heavy atom. The summed E-state index contributed by atoms with van der Waals surface area (Å²) in [6.45, 7) is 0. The summed E-state index contributed by atoms with van der Waals surface area (Å²) in [5.74, 6) is 0. The predicted molar refractivity (Wildman–Crippen MR) is 88.8 cm³/mol. The first-order chi connectivity index (χ1) is 10.3. The summed E-state index contributed by atoms with van der Waals surface area (Å²) in [5, 5.41) is 1.16. The Labute approximate surface area is 136 Å². The molecule has 0 unspecified atom stereocenters. The molecule has 22 heavy (non-hydrogen) atoms. The number of anilines is 2. The van der Waals surface area contributed by atoms with Crippen molar-refractivity contribution in [2.75, 3.05) is 11.5 Å². The van der Waals surface area contributed by atoms with Gasteiger partial charge in [0.05, 0.1) is 11.3 Å². The summed E-state index contributed by atoms with van der Waals surface area (Å²) in [5.41, 5.74) is 12.6. The Bertz CT molecular complexity index is 871. The second kappa shape index (κ2) is 5.17. The first-order valence-electron chi connectivity index (χ1n) is 6.22. The standard InChI is InChI=1S/C15H10BrF3N2S/c16-10-5-4-7(6-9(10)15(17,18)19)8-2-1-3-11-12(8)13(20)14(21)22-11/h1-6H,20-21H2. The third-order valence-corrected chi connectivity index (χ3v) is 5.06. The third-order valence-electron chi connectivity index (χ3n) is 3.36. The van der Waals surface area contributed by atoms with Crippen LogP contribution in [0.15, 0.2) is 40.9 Å². The van der Waals surface area contributed by atoms with E-state index in [-0.39, 0.29) is 4.47 Å². The molecule has 0 spiro atoms. The topological polar surface area (TPSA) is 52.0 Å². The minimum absolute atomic E-state index is 0.00808. The van der Waals surface area contributed by atoms with Crippen LogP contribution in [0.2, 0.25) is 0 Å². The monoisotopic (exact) mass is 386 g/mol. The van der Waals surface area contributed by atoms with Crippen molar-refractivity contribution in [1.29, 1.82) is 0 Å². The zero-order valence-corrected chi connectivity index (χ0v) is 13.4. The average Bonchev–Trinajstić information content (AvgIpc) is 2.73. The van der Waals surface area contributed by atoms with Crippen LogP contribution in [-0.2, 0) is 6.18 Å². The van der Waals surface area contributed by atoms with Gasteiger partial charge in [-0.3, -0.25) is 0 Å². The Hall–Kier alpha value is -1.73. The molecular weight excluding hydrogens is 377 g/mol. The molecule has 2 nitrogen and oxygen atoms in total. The van der Waals surface area contributed by atoms with Crippen molar-refractivity contribution < 1.29 is 13.2 Å². The van der Waals surface area contributed by atoms with Crippen molar-refractivity contribution in [2.24, 2.45) is 0 Å². The van der Waals surface area contributed by atoms with Crippen LogP contribution >= 0.6 is 27.3 Å². The fourth-order valence-corrected chi connectivity index (χ4v) is 3.73. The first-order valence-corrected chi connectivity index (χ1v) is 7.83. The number of nitrogen functional groups attached to an aromatic ring is 2. The van der Waals surface area contributed by atoms with Crippen LogP contribution in [0.3, 0.4) is 0 Å². The van der Waals surface area contributed by atoms with Gasteiger partial charge in [0.25, 0.3) is 0 Å². The molecule has 7 heteroatoms. The minimum Gasteiger partial charge on any atom is -0.396 e. The second-order valence-electron chi connectivity index (χ2n) is 4.75. The third kappa shape index (κ3) is 2.44. The number of halogens is 4. The zero-order chi connectivity index (χ0) is 16.1. The smallest absolute Gasteiger partial charge is 0.396 e. The number of alkyl halides is 3. The van der Waals surface area contributed by atoms with E-state index < -0.39 is 11.7 Å². The Balaban J connectivity index is 2.29. The van der Waals surface area contributed by atoms with E-state index in [1.807, 2.05) is 6.07 Å². The van der Waals surface area contributed by atoms with Gasteiger partial charge in [-0.25, -0.2) is 0 Å². The van der Waals surface area contributed by atoms with Crippen LogP contribution < -0.4 is 11.5 Å². The van der Waals surface area contributed by atoms with Crippen LogP contribution in [0.4, 0.5) is 23.9 Å². The van der Waals surface area contributed by atoms with Crippen LogP contribution in [0.1, 0.15) is 5.56 Å². The number of nitrogens with two attached hydrogens (primary N) is 2. The highest BCUT2D eigenvalue weighted by Crippen LogP contribution is 2.43. The molecule has 0 atom stereocenters. The lowest BCUT2D eigenvalue weighted by Crippen LogP contribution is -2.06. The molecule has 2 aromatic carbocycles. The van der Waals surface area contributed by atoms with E-state index in [1.165, 1.54) is 17.4 Å². The zero-order valence-electron chi connectivity index (χ0n) is 11.0. The van der Waals surface area contributed by atoms with Crippen molar-refractivity contribution >= 4 is 48.0 Å². The summed E-state index contributed by atoms with van der Waals surface area (Å²) in [6, 6.07) is 9.51. The molecule has 0 amide bonds. The molecule has 1 aromatic heterocycles. The van der Waals surface area contributed by atoms with Gasteiger partial charge in [0, 0.05) is 14.6 Å². The SMILES string of the molecule is Nc1sc2cccc(-c3ccc(Br)c(C(F)(F)F)c3)c2c1N. The van der Waals surface area contributed by atoms with Crippen molar-refractivity contribution in [3.05, 3.63) is 46.4 Å². The maximum atomic E-state index is 13.1. The van der Waals surface area contributed by atoms with E-state index in [2.05, 4.69) is 15.9 Å². The summed E-state index contributed by atoms with van der Waals surface area (Å²) in [4.78, 5) is 0. The van der Waals surface area contributed by atoms with Gasteiger partial charge in [0.1, 0.15) is 5.00 Å². The second-order valence-corrected chi connectivity index (χ2v) is 6.69. The highest BCUT2D eigenvalue weighted by Gasteiger charge is 2.33. The van der Waals surface area contributed by atoms with Crippen LogP contribution in [0.5, 0.6) is 0 Å². The fourth-order valence-electron chi connectivity index (χ4n) is 2.34. The maximum absolute atomic E-state index is 13.1. The van der Waals surface area contributed by atoms with Gasteiger partial charge in [-0.1, -0.05) is 34.1 Å². The van der Waals surface area contributed by atoms with Crippen molar-refractivity contribution in [3.8, 4) is 11.1 Å². The molecule has 1 heterocycles. The molecule has 3 aromatic rings. The number of rotatable bonds is 1. The van der Waals surface area contributed by atoms with Gasteiger partial charge < -0.3 is 11.5 Å². The molecule has 0 saturated heterocycles. The van der Waals surface area contributed by atoms with Gasteiger partial charge in [-0.05, 0) is 29.3 Å². The van der Waals surface area contributed by atoms with Gasteiger partial charge in [0.15, 0.2) is 0 Å². The van der Waals surface area contributed by atoms with E-state index in [4.69, 9.17) is 11.5 Å². The van der Waals surface area contributed by atoms with Crippen LogP contribution in [0.25, 0.3) is 21.2 Å². The molecule has 0 bridgehead atoms. The number of fused-ring (bicyclic) bond motifs is 1. The Kier molecular flexibility index (Phi) is 3.57. The van der Waals surface area contributed by atoms with Crippen molar-refractivity contribution in [1.82, 2.24) is 0 Å². The lowest BCUT2D eigenvalue weighted by molar-refractivity contribution is -0.138. The lowest BCUT2D eigenvalue weighted by atomic mass is 9.99. The van der Waals surface area contributed by atoms with Crippen molar-refractivity contribution in [2.45, 2.75) is 6.18 Å². The summed E-state index contributed by atoms with van der Waals surface area (Å²) in [6.07, 6.45) is -4.43. The largest absolute Gasteiger partial charge is 0.417 e. The van der Waals surface area contributed by atoms with E-state index in [1.54, 1.807) is 18.2 Å². The van der Waals surface area contributed by atoms with Crippen LogP contribution in [-0.4, -0.2) is 0 Å². The highest BCUT2D eigenvalue weighted by molar-refractivity contribution is 9.10. The first kappa shape index (κ1) is 15.2. The molecule has 114 valence electrons. The fraction of sp³-hybridized carbons (Fsp3) is 0.0667. The highest BCUT2D eigenvalue weighted by atomic mass is 79.9. The van der Waals surface area contributed by atoms with E-state index in [9.17, 15) is 13.2 Å². The van der Waals surface area contributed by atoms with E-state index >= 15 is 0 Å². The molecule has 3 rings (SSSR count). The molecule has 0 aliphatic rings. The number of hydrogen-bond acceptors (Lipinski definition) is 3. The number of benzene rings is 2. The van der Waals surface area contributed by atoms with Gasteiger partial charge in [-0.15, -0.1) is 11.3 Å². The maximum Gasteiger partial charge on any atom is 0.417 e. The molecule has 0 radical (unpaired) electrons. The molecular formula is C15H10BrF3N2S.